The molecule has 0 spiro atoms. The van der Waals surface area contributed by atoms with Crippen molar-refractivity contribution in [2.75, 3.05) is 12.1 Å². The van der Waals surface area contributed by atoms with Gasteiger partial charge in [0.2, 0.25) is 6.79 Å². The van der Waals surface area contributed by atoms with E-state index in [2.05, 4.69) is 12.2 Å². The monoisotopic (exact) mass is 375 g/mol. The number of amides is 1. The molecule has 0 fully saturated rings. The van der Waals surface area contributed by atoms with E-state index in [0.717, 1.165) is 35.6 Å². The van der Waals surface area contributed by atoms with Crippen LogP contribution in [0.3, 0.4) is 0 Å². The Bertz CT molecular complexity index is 968. The minimum absolute atomic E-state index is 0.178. The highest BCUT2D eigenvalue weighted by atomic mass is 16.7. The Labute approximate surface area is 163 Å². The Kier molecular flexibility index (Phi) is 5.15. The fourth-order valence-electron chi connectivity index (χ4n) is 3.07. The lowest BCUT2D eigenvalue weighted by Crippen LogP contribution is -2.13. The average Bonchev–Trinajstić information content (AvgIpc) is 3.17. The number of ether oxygens (including phenoxy) is 3. The van der Waals surface area contributed by atoms with Crippen molar-refractivity contribution >= 4 is 11.6 Å². The zero-order valence-corrected chi connectivity index (χ0v) is 15.6. The molecule has 0 unspecified atom stereocenters. The average molecular weight is 375 g/mol. The third-order valence-corrected chi connectivity index (χ3v) is 4.46. The molecule has 0 aromatic heterocycles. The van der Waals surface area contributed by atoms with Gasteiger partial charge < -0.3 is 19.5 Å². The van der Waals surface area contributed by atoms with Gasteiger partial charge in [-0.2, -0.15) is 0 Å². The summed E-state index contributed by atoms with van der Waals surface area (Å²) in [5.41, 5.74) is 2.34. The number of hydrogen-bond donors (Lipinski definition) is 1. The highest BCUT2D eigenvalue weighted by molar-refractivity contribution is 6.05. The number of benzene rings is 3. The molecule has 3 aromatic rings. The molecule has 5 heteroatoms. The van der Waals surface area contributed by atoms with Crippen LogP contribution >= 0.6 is 0 Å². The van der Waals surface area contributed by atoms with E-state index < -0.39 is 0 Å². The molecule has 0 atom stereocenters. The van der Waals surface area contributed by atoms with Crippen LogP contribution in [0.15, 0.2) is 66.7 Å². The van der Waals surface area contributed by atoms with Crippen molar-refractivity contribution in [2.45, 2.75) is 19.8 Å². The van der Waals surface area contributed by atoms with Gasteiger partial charge in [-0.15, -0.1) is 0 Å². The fraction of sp³-hybridized carbons (Fsp3) is 0.174. The van der Waals surface area contributed by atoms with Crippen LogP contribution in [-0.4, -0.2) is 12.7 Å². The van der Waals surface area contributed by atoms with Crippen LogP contribution in [0.1, 0.15) is 29.3 Å². The van der Waals surface area contributed by atoms with Crippen molar-refractivity contribution in [2.24, 2.45) is 0 Å². The van der Waals surface area contributed by atoms with Crippen molar-refractivity contribution in [1.82, 2.24) is 0 Å². The van der Waals surface area contributed by atoms with Gasteiger partial charge in [-0.05, 0) is 54.4 Å². The smallest absolute Gasteiger partial charge is 0.255 e. The van der Waals surface area contributed by atoms with Gasteiger partial charge >= 0.3 is 0 Å². The molecule has 0 bridgehead atoms. The van der Waals surface area contributed by atoms with Gasteiger partial charge in [0, 0.05) is 17.3 Å². The summed E-state index contributed by atoms with van der Waals surface area (Å²) in [7, 11) is 0. The molecule has 1 N–H and O–H groups in total. The summed E-state index contributed by atoms with van der Waals surface area (Å²) < 4.78 is 16.7. The van der Waals surface area contributed by atoms with Crippen molar-refractivity contribution < 1.29 is 19.0 Å². The molecule has 4 rings (SSSR count). The van der Waals surface area contributed by atoms with Crippen LogP contribution in [0.2, 0.25) is 0 Å². The summed E-state index contributed by atoms with van der Waals surface area (Å²) in [4.78, 5) is 12.7. The van der Waals surface area contributed by atoms with Crippen LogP contribution in [0.25, 0.3) is 0 Å². The second-order valence-electron chi connectivity index (χ2n) is 6.51. The lowest BCUT2D eigenvalue weighted by Gasteiger charge is -2.12. The second-order valence-corrected chi connectivity index (χ2v) is 6.51. The molecule has 1 heterocycles. The van der Waals surface area contributed by atoms with Crippen molar-refractivity contribution in [1.29, 1.82) is 0 Å². The SMILES string of the molecule is CCCc1cc2c(cc1NC(=O)c1ccc(Oc3ccccc3)cc1)OCO2. The maximum atomic E-state index is 12.7. The van der Waals surface area contributed by atoms with Crippen molar-refractivity contribution in [3.8, 4) is 23.0 Å². The standard InChI is InChI=1S/C23H21NO4/c1-2-6-17-13-21-22(27-15-26-21)14-20(17)24-23(25)16-9-11-19(12-10-16)28-18-7-4-3-5-8-18/h3-5,7-14H,2,6,15H2,1H3,(H,24,25). The van der Waals surface area contributed by atoms with E-state index in [1.807, 2.05) is 42.5 Å². The third-order valence-electron chi connectivity index (χ3n) is 4.46. The number of nitrogens with one attached hydrogen (secondary N) is 1. The summed E-state index contributed by atoms with van der Waals surface area (Å²) >= 11 is 0. The highest BCUT2D eigenvalue weighted by Crippen LogP contribution is 2.37. The summed E-state index contributed by atoms with van der Waals surface area (Å²) in [5, 5.41) is 3.00. The number of hydrogen-bond acceptors (Lipinski definition) is 4. The number of carbonyl (C=O) groups excluding carboxylic acids is 1. The van der Waals surface area contributed by atoms with Crippen molar-refractivity contribution in [3.63, 3.8) is 0 Å². The Hall–Kier alpha value is -3.47. The zero-order valence-electron chi connectivity index (χ0n) is 15.6. The predicted octanol–water partition coefficient (Wildman–Crippen LogP) is 5.41. The molecule has 5 nitrogen and oxygen atoms in total. The number of carbonyl (C=O) groups is 1. The fourth-order valence-corrected chi connectivity index (χ4v) is 3.07. The Morgan fingerprint density at radius 1 is 0.964 bits per heavy atom. The van der Waals surface area contributed by atoms with E-state index in [1.54, 1.807) is 24.3 Å². The van der Waals surface area contributed by atoms with E-state index in [9.17, 15) is 4.79 Å². The van der Waals surface area contributed by atoms with Crippen LogP contribution in [0.5, 0.6) is 23.0 Å². The predicted molar refractivity (Wildman–Crippen MR) is 107 cm³/mol. The summed E-state index contributed by atoms with van der Waals surface area (Å²) in [6, 6.07) is 20.4. The first kappa shape index (κ1) is 17.9. The largest absolute Gasteiger partial charge is 0.457 e. The zero-order chi connectivity index (χ0) is 19.3. The van der Waals surface area contributed by atoms with E-state index in [4.69, 9.17) is 14.2 Å². The van der Waals surface area contributed by atoms with E-state index in [0.29, 0.717) is 17.1 Å². The molecule has 0 aliphatic carbocycles. The molecule has 3 aromatic carbocycles. The molecule has 0 saturated heterocycles. The minimum atomic E-state index is -0.178. The summed E-state index contributed by atoms with van der Waals surface area (Å²) in [6.07, 6.45) is 1.81. The molecule has 142 valence electrons. The molecule has 1 aliphatic rings. The first-order valence-electron chi connectivity index (χ1n) is 9.30. The first-order valence-corrected chi connectivity index (χ1v) is 9.30. The van der Waals surface area contributed by atoms with Crippen LogP contribution in [-0.2, 0) is 6.42 Å². The quantitative estimate of drug-likeness (QED) is 0.626. The van der Waals surface area contributed by atoms with E-state index >= 15 is 0 Å². The molecule has 1 aliphatic heterocycles. The number of rotatable bonds is 6. The Morgan fingerprint density at radius 3 is 2.36 bits per heavy atom. The Morgan fingerprint density at radius 2 is 1.64 bits per heavy atom. The van der Waals surface area contributed by atoms with Crippen molar-refractivity contribution in [3.05, 3.63) is 77.9 Å². The molecule has 0 saturated carbocycles. The Balaban J connectivity index is 1.49. The van der Waals surface area contributed by atoms with Gasteiger partial charge in [-0.3, -0.25) is 4.79 Å². The number of para-hydroxylation sites is 1. The van der Waals surface area contributed by atoms with Crippen LogP contribution in [0.4, 0.5) is 5.69 Å². The summed E-state index contributed by atoms with van der Waals surface area (Å²) in [6.45, 7) is 2.31. The number of anilines is 1. The number of aryl methyl sites for hydroxylation is 1. The van der Waals surface area contributed by atoms with Gasteiger partial charge in [-0.25, -0.2) is 0 Å². The van der Waals surface area contributed by atoms with E-state index in [1.165, 1.54) is 0 Å². The first-order chi connectivity index (χ1) is 13.7. The van der Waals surface area contributed by atoms with Gasteiger partial charge in [0.05, 0.1) is 0 Å². The van der Waals surface area contributed by atoms with Gasteiger partial charge in [0.15, 0.2) is 11.5 Å². The van der Waals surface area contributed by atoms with Gasteiger partial charge in [-0.1, -0.05) is 31.5 Å². The molecule has 28 heavy (non-hydrogen) atoms. The third kappa shape index (κ3) is 3.93. The maximum Gasteiger partial charge on any atom is 0.255 e. The highest BCUT2D eigenvalue weighted by Gasteiger charge is 2.18. The number of fused-ring (bicyclic) bond motifs is 1. The minimum Gasteiger partial charge on any atom is -0.457 e. The topological polar surface area (TPSA) is 56.8 Å². The lowest BCUT2D eigenvalue weighted by atomic mass is 10.1. The van der Waals surface area contributed by atoms with E-state index in [-0.39, 0.29) is 12.7 Å². The lowest BCUT2D eigenvalue weighted by molar-refractivity contribution is 0.102. The summed E-state index contributed by atoms with van der Waals surface area (Å²) in [5.74, 6) is 2.63. The molecular formula is C23H21NO4. The van der Waals surface area contributed by atoms with Crippen LogP contribution < -0.4 is 19.5 Å². The van der Waals surface area contributed by atoms with Crippen LogP contribution in [0, 0.1) is 0 Å². The molecule has 0 radical (unpaired) electrons. The van der Waals surface area contributed by atoms with Gasteiger partial charge in [0.25, 0.3) is 5.91 Å². The normalized spacial score (nSPS) is 11.9. The van der Waals surface area contributed by atoms with Gasteiger partial charge in [0.1, 0.15) is 11.5 Å². The second kappa shape index (κ2) is 8.05. The molecule has 1 amide bonds. The maximum absolute atomic E-state index is 12.7. The molecular weight excluding hydrogens is 354 g/mol.